The van der Waals surface area contributed by atoms with Crippen molar-refractivity contribution in [1.29, 1.82) is 0 Å². The van der Waals surface area contributed by atoms with E-state index < -0.39 is 30.4 Å². The molecule has 0 fully saturated rings. The number of methoxy groups -OCH3 is 1. The van der Waals surface area contributed by atoms with Crippen LogP contribution in [0.4, 0.5) is 0 Å². The number of carbonyl (C=O) groups is 1. The second kappa shape index (κ2) is 3.63. The van der Waals surface area contributed by atoms with E-state index in [1.165, 1.54) is 7.11 Å². The molecule has 2 atom stereocenters. The Kier molecular flexibility index (Phi) is 2.74. The summed E-state index contributed by atoms with van der Waals surface area (Å²) in [5.41, 5.74) is 0. The van der Waals surface area contributed by atoms with E-state index >= 15 is 0 Å². The van der Waals surface area contributed by atoms with Crippen molar-refractivity contribution in [1.82, 2.24) is 0 Å². The molecule has 1 aliphatic heterocycles. The van der Waals surface area contributed by atoms with Gasteiger partial charge in [-0.05, 0) is 0 Å². The van der Waals surface area contributed by atoms with E-state index in [-0.39, 0.29) is 5.95 Å². The van der Waals surface area contributed by atoms with Gasteiger partial charge in [0.2, 0.25) is 11.5 Å². The summed E-state index contributed by atoms with van der Waals surface area (Å²) in [5.74, 6) is -1.79. The van der Waals surface area contributed by atoms with E-state index in [0.717, 1.165) is 0 Å². The molecule has 3 N–H and O–H groups in total. The van der Waals surface area contributed by atoms with Crippen molar-refractivity contribution in [3.63, 3.8) is 0 Å². The maximum Gasteiger partial charge on any atom is 0.327 e. The van der Waals surface area contributed by atoms with Crippen molar-refractivity contribution < 1.29 is 29.6 Å². The van der Waals surface area contributed by atoms with Gasteiger partial charge in [0, 0.05) is 0 Å². The Balaban J connectivity index is 2.75. The molecule has 0 aromatic heterocycles. The molecular weight excluding hydrogens is 180 g/mol. The van der Waals surface area contributed by atoms with Crippen molar-refractivity contribution in [2.45, 2.75) is 12.2 Å². The number of hydrogen-bond acceptors (Lipinski definition) is 6. The third kappa shape index (κ3) is 1.58. The van der Waals surface area contributed by atoms with E-state index in [1.807, 2.05) is 0 Å². The number of ketones is 1. The first-order valence-electron chi connectivity index (χ1n) is 3.58. The molecule has 0 spiro atoms. The third-order valence-electron chi connectivity index (χ3n) is 1.64. The minimum atomic E-state index is -1.36. The highest BCUT2D eigenvalue weighted by atomic mass is 16.7. The molecule has 0 radical (unpaired) electrons. The zero-order valence-corrected chi connectivity index (χ0v) is 6.93. The molecule has 2 unspecified atom stereocenters. The molecule has 0 saturated heterocycles. The molecule has 0 aromatic rings. The van der Waals surface area contributed by atoms with E-state index in [4.69, 9.17) is 20.1 Å². The van der Waals surface area contributed by atoms with Gasteiger partial charge in [0.15, 0.2) is 6.10 Å². The van der Waals surface area contributed by atoms with Crippen molar-refractivity contribution >= 4 is 5.78 Å². The lowest BCUT2D eigenvalue weighted by Gasteiger charge is -2.14. The SMILES string of the molecule is COC1=C(O)C(=O)C(C(O)CO)O1. The van der Waals surface area contributed by atoms with Gasteiger partial charge in [0.1, 0.15) is 6.10 Å². The van der Waals surface area contributed by atoms with Crippen LogP contribution >= 0.6 is 0 Å². The summed E-state index contributed by atoms with van der Waals surface area (Å²) in [6, 6.07) is 0. The Morgan fingerprint density at radius 2 is 2.31 bits per heavy atom. The molecule has 0 aliphatic carbocycles. The standard InChI is InChI=1S/C7H10O6/c1-12-7-5(11)4(10)6(13-7)3(9)2-8/h3,6,8-9,11H,2H2,1H3. The van der Waals surface area contributed by atoms with E-state index in [2.05, 4.69) is 4.74 Å². The van der Waals surface area contributed by atoms with Gasteiger partial charge in [-0.3, -0.25) is 4.79 Å². The first-order valence-corrected chi connectivity index (χ1v) is 3.58. The fourth-order valence-electron chi connectivity index (χ4n) is 0.954. The smallest absolute Gasteiger partial charge is 0.327 e. The van der Waals surface area contributed by atoms with Crippen LogP contribution < -0.4 is 0 Å². The number of ether oxygens (including phenoxy) is 2. The second-order valence-electron chi connectivity index (χ2n) is 2.49. The Bertz CT molecular complexity index is 245. The molecular formula is C7H10O6. The average Bonchev–Trinajstić information content (AvgIpc) is 2.43. The minimum Gasteiger partial charge on any atom is -0.499 e. The Labute approximate surface area is 74.0 Å². The summed E-state index contributed by atoms with van der Waals surface area (Å²) in [6.07, 6.45) is -2.64. The van der Waals surface area contributed by atoms with Gasteiger partial charge < -0.3 is 24.8 Å². The summed E-state index contributed by atoms with van der Waals surface area (Å²) in [6.45, 7) is -0.624. The van der Waals surface area contributed by atoms with Crippen LogP contribution in [0.15, 0.2) is 11.7 Å². The van der Waals surface area contributed by atoms with Crippen molar-refractivity contribution in [3.8, 4) is 0 Å². The van der Waals surface area contributed by atoms with Crippen LogP contribution in [-0.2, 0) is 14.3 Å². The fraction of sp³-hybridized carbons (Fsp3) is 0.571. The summed E-state index contributed by atoms with van der Waals surface area (Å²) in [7, 11) is 1.21. The predicted octanol–water partition coefficient (Wildman–Crippen LogP) is -1.32. The van der Waals surface area contributed by atoms with Crippen LogP contribution in [0.1, 0.15) is 0 Å². The van der Waals surface area contributed by atoms with Crippen molar-refractivity contribution in [2.24, 2.45) is 0 Å². The van der Waals surface area contributed by atoms with Gasteiger partial charge >= 0.3 is 5.95 Å². The second-order valence-corrected chi connectivity index (χ2v) is 2.49. The molecule has 6 nitrogen and oxygen atoms in total. The Morgan fingerprint density at radius 1 is 1.69 bits per heavy atom. The highest BCUT2D eigenvalue weighted by Gasteiger charge is 2.40. The van der Waals surface area contributed by atoms with Gasteiger partial charge in [-0.25, -0.2) is 0 Å². The van der Waals surface area contributed by atoms with E-state index in [0.29, 0.717) is 0 Å². The van der Waals surface area contributed by atoms with Crippen LogP contribution in [0.2, 0.25) is 0 Å². The number of rotatable bonds is 3. The van der Waals surface area contributed by atoms with Crippen LogP contribution in [-0.4, -0.2) is 47.0 Å². The van der Waals surface area contributed by atoms with E-state index in [9.17, 15) is 4.79 Å². The van der Waals surface area contributed by atoms with Gasteiger partial charge in [0.05, 0.1) is 13.7 Å². The van der Waals surface area contributed by atoms with Gasteiger partial charge in [0.25, 0.3) is 0 Å². The molecule has 0 saturated carbocycles. The monoisotopic (exact) mass is 190 g/mol. The fourth-order valence-corrected chi connectivity index (χ4v) is 0.954. The molecule has 74 valence electrons. The van der Waals surface area contributed by atoms with Gasteiger partial charge in [-0.15, -0.1) is 0 Å². The highest BCUT2D eigenvalue weighted by molar-refractivity contribution is 5.99. The number of Topliss-reactive ketones (excluding diaryl/α,β-unsaturated/α-hetero) is 1. The predicted molar refractivity (Wildman–Crippen MR) is 39.6 cm³/mol. The lowest BCUT2D eigenvalue weighted by molar-refractivity contribution is -0.131. The van der Waals surface area contributed by atoms with Crippen molar-refractivity contribution in [3.05, 3.63) is 11.7 Å². The minimum absolute atomic E-state index is 0.331. The number of aliphatic hydroxyl groups is 3. The van der Waals surface area contributed by atoms with Crippen LogP contribution in [0.5, 0.6) is 0 Å². The maximum atomic E-state index is 11.1. The van der Waals surface area contributed by atoms with Crippen LogP contribution in [0.3, 0.4) is 0 Å². The van der Waals surface area contributed by atoms with Crippen LogP contribution in [0, 0.1) is 0 Å². The maximum absolute atomic E-state index is 11.1. The van der Waals surface area contributed by atoms with Gasteiger partial charge in [-0.1, -0.05) is 0 Å². The topological polar surface area (TPSA) is 96.2 Å². The molecule has 0 aromatic carbocycles. The molecule has 0 bridgehead atoms. The molecule has 1 heterocycles. The zero-order valence-electron chi connectivity index (χ0n) is 6.93. The normalized spacial score (nSPS) is 24.5. The molecule has 0 amide bonds. The third-order valence-corrected chi connectivity index (χ3v) is 1.64. The molecule has 13 heavy (non-hydrogen) atoms. The number of hydrogen-bond donors (Lipinski definition) is 3. The van der Waals surface area contributed by atoms with Crippen molar-refractivity contribution in [2.75, 3.05) is 13.7 Å². The first-order chi connectivity index (χ1) is 6.11. The molecule has 6 heteroatoms. The number of carbonyl (C=O) groups excluding carboxylic acids is 1. The van der Waals surface area contributed by atoms with Gasteiger partial charge in [-0.2, -0.15) is 0 Å². The quantitative estimate of drug-likeness (QED) is 0.511. The molecule has 1 rings (SSSR count). The largest absolute Gasteiger partial charge is 0.499 e. The average molecular weight is 190 g/mol. The zero-order chi connectivity index (χ0) is 10.0. The first kappa shape index (κ1) is 9.82. The van der Waals surface area contributed by atoms with Crippen LogP contribution in [0.25, 0.3) is 0 Å². The summed E-state index contributed by atoms with van der Waals surface area (Å²) in [5, 5.41) is 26.7. The number of aliphatic hydroxyl groups excluding tert-OH is 3. The molecule has 1 aliphatic rings. The highest BCUT2D eigenvalue weighted by Crippen LogP contribution is 2.22. The Hall–Kier alpha value is -1.27. The lowest BCUT2D eigenvalue weighted by atomic mass is 10.1. The Morgan fingerprint density at radius 3 is 2.69 bits per heavy atom. The lowest BCUT2D eigenvalue weighted by Crippen LogP contribution is -2.35. The summed E-state index contributed by atoms with van der Waals surface area (Å²) >= 11 is 0. The van der Waals surface area contributed by atoms with E-state index in [1.54, 1.807) is 0 Å². The summed E-state index contributed by atoms with van der Waals surface area (Å²) < 4.78 is 9.25. The summed E-state index contributed by atoms with van der Waals surface area (Å²) in [4.78, 5) is 11.1.